The van der Waals surface area contributed by atoms with Crippen molar-refractivity contribution in [3.05, 3.63) is 42.1 Å². The van der Waals surface area contributed by atoms with E-state index in [1.54, 1.807) is 0 Å². The summed E-state index contributed by atoms with van der Waals surface area (Å²) < 4.78 is 0. The van der Waals surface area contributed by atoms with Crippen molar-refractivity contribution in [1.29, 1.82) is 0 Å². The van der Waals surface area contributed by atoms with E-state index in [0.29, 0.717) is 17.9 Å². The van der Waals surface area contributed by atoms with Crippen molar-refractivity contribution in [2.75, 3.05) is 6.54 Å². The molecule has 1 aromatic carbocycles. The first-order chi connectivity index (χ1) is 9.63. The molecule has 0 saturated heterocycles. The number of rotatable bonds is 6. The van der Waals surface area contributed by atoms with Gasteiger partial charge in [0.25, 0.3) is 0 Å². The van der Waals surface area contributed by atoms with Gasteiger partial charge < -0.3 is 5.32 Å². The van der Waals surface area contributed by atoms with Crippen LogP contribution in [0.25, 0.3) is 10.9 Å². The summed E-state index contributed by atoms with van der Waals surface area (Å²) in [6.07, 6.45) is 3.19. The van der Waals surface area contributed by atoms with E-state index >= 15 is 0 Å². The van der Waals surface area contributed by atoms with Gasteiger partial charge in [-0.05, 0) is 42.5 Å². The highest BCUT2D eigenvalue weighted by atomic mass is 14.9. The molecular formula is C18H26N2. The van der Waals surface area contributed by atoms with Gasteiger partial charge in [0.05, 0.1) is 5.52 Å². The molecule has 20 heavy (non-hydrogen) atoms. The summed E-state index contributed by atoms with van der Waals surface area (Å²) in [6, 6.07) is 11.0. The molecule has 108 valence electrons. The highest BCUT2D eigenvalue weighted by molar-refractivity contribution is 5.78. The molecule has 2 unspecified atom stereocenters. The van der Waals surface area contributed by atoms with Crippen molar-refractivity contribution in [3.63, 3.8) is 0 Å². The van der Waals surface area contributed by atoms with Gasteiger partial charge in [0.1, 0.15) is 0 Å². The Hall–Kier alpha value is -1.41. The van der Waals surface area contributed by atoms with Crippen molar-refractivity contribution in [3.8, 4) is 0 Å². The molecule has 0 bridgehead atoms. The molecule has 0 aliphatic rings. The van der Waals surface area contributed by atoms with Gasteiger partial charge in [-0.2, -0.15) is 0 Å². The Morgan fingerprint density at radius 3 is 2.60 bits per heavy atom. The number of benzene rings is 1. The van der Waals surface area contributed by atoms with E-state index in [-0.39, 0.29) is 0 Å². The fourth-order valence-corrected chi connectivity index (χ4v) is 2.55. The maximum atomic E-state index is 4.61. The molecule has 2 rings (SSSR count). The van der Waals surface area contributed by atoms with Gasteiger partial charge in [-0.25, -0.2) is 0 Å². The van der Waals surface area contributed by atoms with Crippen LogP contribution in [0.4, 0.5) is 0 Å². The third kappa shape index (κ3) is 3.37. The van der Waals surface area contributed by atoms with Crippen molar-refractivity contribution < 1.29 is 0 Å². The van der Waals surface area contributed by atoms with Gasteiger partial charge in [-0.3, -0.25) is 4.98 Å². The van der Waals surface area contributed by atoms with E-state index in [1.807, 2.05) is 12.3 Å². The largest absolute Gasteiger partial charge is 0.310 e. The Morgan fingerprint density at radius 1 is 1.15 bits per heavy atom. The summed E-state index contributed by atoms with van der Waals surface area (Å²) in [6.45, 7) is 10.2. The smallest absolute Gasteiger partial charge is 0.0702 e. The lowest BCUT2D eigenvalue weighted by Crippen LogP contribution is -2.30. The number of hydrogen-bond donors (Lipinski definition) is 1. The molecule has 1 aromatic heterocycles. The van der Waals surface area contributed by atoms with Crippen molar-refractivity contribution in [2.24, 2.45) is 11.8 Å². The summed E-state index contributed by atoms with van der Waals surface area (Å²) in [5.41, 5.74) is 2.38. The van der Waals surface area contributed by atoms with Gasteiger partial charge in [0.2, 0.25) is 0 Å². The van der Waals surface area contributed by atoms with Gasteiger partial charge in [-0.1, -0.05) is 45.9 Å². The molecule has 1 N–H and O–H groups in total. The predicted molar refractivity (Wildman–Crippen MR) is 86.8 cm³/mol. The standard InChI is InChI=1S/C18H26N2/c1-5-10-19-18(14(4)13(2)3)16-11-15-8-6-7-9-17(15)20-12-16/h6-9,11-14,18-19H,5,10H2,1-4H3. The number of pyridine rings is 1. The van der Waals surface area contributed by atoms with Gasteiger partial charge >= 0.3 is 0 Å². The van der Waals surface area contributed by atoms with E-state index in [4.69, 9.17) is 0 Å². The lowest BCUT2D eigenvalue weighted by atomic mass is 9.86. The highest BCUT2D eigenvalue weighted by Gasteiger charge is 2.21. The zero-order valence-electron chi connectivity index (χ0n) is 13.1. The summed E-state index contributed by atoms with van der Waals surface area (Å²) in [7, 11) is 0. The molecular weight excluding hydrogens is 244 g/mol. The molecule has 0 saturated carbocycles. The summed E-state index contributed by atoms with van der Waals surface area (Å²) in [5, 5.41) is 4.92. The number of fused-ring (bicyclic) bond motifs is 1. The molecule has 0 fully saturated rings. The minimum Gasteiger partial charge on any atom is -0.310 e. The first-order valence-corrected chi connectivity index (χ1v) is 7.71. The van der Waals surface area contributed by atoms with Gasteiger partial charge in [0.15, 0.2) is 0 Å². The maximum absolute atomic E-state index is 4.61. The molecule has 0 radical (unpaired) electrons. The Bertz CT molecular complexity index is 548. The van der Waals surface area contributed by atoms with Crippen LogP contribution in [0.5, 0.6) is 0 Å². The Labute approximate surface area is 122 Å². The second-order valence-electron chi connectivity index (χ2n) is 6.00. The van der Waals surface area contributed by atoms with Crippen LogP contribution < -0.4 is 5.32 Å². The van der Waals surface area contributed by atoms with Crippen LogP contribution in [0.15, 0.2) is 36.5 Å². The molecule has 0 aliphatic carbocycles. The van der Waals surface area contributed by atoms with Crippen molar-refractivity contribution in [1.82, 2.24) is 10.3 Å². The van der Waals surface area contributed by atoms with Crippen LogP contribution in [-0.4, -0.2) is 11.5 Å². The third-order valence-electron chi connectivity index (χ3n) is 4.16. The van der Waals surface area contributed by atoms with Crippen LogP contribution in [0.3, 0.4) is 0 Å². The fourth-order valence-electron chi connectivity index (χ4n) is 2.55. The minimum atomic E-state index is 0.382. The molecule has 1 heterocycles. The van der Waals surface area contributed by atoms with Crippen LogP contribution >= 0.6 is 0 Å². The van der Waals surface area contributed by atoms with Crippen LogP contribution in [-0.2, 0) is 0 Å². The number of hydrogen-bond acceptors (Lipinski definition) is 2. The molecule has 0 aliphatic heterocycles. The second-order valence-corrected chi connectivity index (χ2v) is 6.00. The number of nitrogens with zero attached hydrogens (tertiary/aromatic N) is 1. The SMILES string of the molecule is CCCNC(c1cnc2ccccc2c1)C(C)C(C)C. The monoisotopic (exact) mass is 270 g/mol. The lowest BCUT2D eigenvalue weighted by Gasteiger charge is -2.28. The molecule has 2 heteroatoms. The predicted octanol–water partition coefficient (Wildman–Crippen LogP) is 4.57. The molecule has 2 aromatic rings. The number of nitrogens with one attached hydrogen (secondary N) is 1. The van der Waals surface area contributed by atoms with Gasteiger partial charge in [-0.15, -0.1) is 0 Å². The third-order valence-corrected chi connectivity index (χ3v) is 4.16. The highest BCUT2D eigenvalue weighted by Crippen LogP contribution is 2.29. The number of aromatic nitrogens is 1. The van der Waals surface area contributed by atoms with Crippen LogP contribution in [0.1, 0.15) is 45.7 Å². The average Bonchev–Trinajstić information content (AvgIpc) is 2.47. The lowest BCUT2D eigenvalue weighted by molar-refractivity contribution is 0.303. The maximum Gasteiger partial charge on any atom is 0.0702 e. The summed E-state index contributed by atoms with van der Waals surface area (Å²) >= 11 is 0. The Balaban J connectivity index is 2.34. The normalized spacial score (nSPS) is 14.7. The zero-order chi connectivity index (χ0) is 14.5. The van der Waals surface area contributed by atoms with E-state index in [1.165, 1.54) is 10.9 Å². The van der Waals surface area contributed by atoms with Gasteiger partial charge in [0, 0.05) is 17.6 Å². The van der Waals surface area contributed by atoms with E-state index in [0.717, 1.165) is 18.5 Å². The zero-order valence-corrected chi connectivity index (χ0v) is 13.1. The summed E-state index contributed by atoms with van der Waals surface area (Å²) in [4.78, 5) is 4.61. The van der Waals surface area contributed by atoms with E-state index in [2.05, 4.69) is 62.3 Å². The van der Waals surface area contributed by atoms with E-state index in [9.17, 15) is 0 Å². The minimum absolute atomic E-state index is 0.382. The molecule has 2 atom stereocenters. The number of para-hydroxylation sites is 1. The first-order valence-electron chi connectivity index (χ1n) is 7.71. The fraction of sp³-hybridized carbons (Fsp3) is 0.500. The Morgan fingerprint density at radius 2 is 1.90 bits per heavy atom. The second kappa shape index (κ2) is 6.85. The molecule has 0 spiro atoms. The quantitative estimate of drug-likeness (QED) is 0.832. The average molecular weight is 270 g/mol. The first kappa shape index (κ1) is 15.0. The molecule has 2 nitrogen and oxygen atoms in total. The topological polar surface area (TPSA) is 24.9 Å². The Kier molecular flexibility index (Phi) is 5.13. The van der Waals surface area contributed by atoms with Crippen LogP contribution in [0.2, 0.25) is 0 Å². The van der Waals surface area contributed by atoms with Crippen molar-refractivity contribution >= 4 is 10.9 Å². The van der Waals surface area contributed by atoms with Crippen molar-refractivity contribution in [2.45, 2.75) is 40.2 Å². The summed E-state index contributed by atoms with van der Waals surface area (Å²) in [5.74, 6) is 1.24. The molecule has 0 amide bonds. The van der Waals surface area contributed by atoms with Crippen LogP contribution in [0, 0.1) is 11.8 Å². The van der Waals surface area contributed by atoms with E-state index < -0.39 is 0 Å².